The van der Waals surface area contributed by atoms with Gasteiger partial charge in [0.05, 0.1) is 4.88 Å². The Labute approximate surface area is 111 Å². The van der Waals surface area contributed by atoms with Crippen molar-refractivity contribution in [3.63, 3.8) is 0 Å². The Balaban J connectivity index is 1.98. The standard InChI is InChI=1S/C12H8BrN3S/c13-9-5-3-8(4-6-9)11-14-12(16-15-11)10-2-1-7-17-10/h1-7H,(H,14,15,16). The molecule has 0 unspecified atom stereocenters. The average Bonchev–Trinajstić information content (AvgIpc) is 3.00. The van der Waals surface area contributed by atoms with Crippen LogP contribution in [0, 0.1) is 0 Å². The number of H-pyrrole nitrogens is 1. The van der Waals surface area contributed by atoms with Crippen LogP contribution in [0.2, 0.25) is 0 Å². The summed E-state index contributed by atoms with van der Waals surface area (Å²) in [4.78, 5) is 5.58. The molecule has 0 radical (unpaired) electrons. The Kier molecular flexibility index (Phi) is 2.78. The molecule has 3 aromatic rings. The van der Waals surface area contributed by atoms with E-state index in [0.717, 1.165) is 26.6 Å². The Bertz CT molecular complexity index is 614. The van der Waals surface area contributed by atoms with Gasteiger partial charge in [0.2, 0.25) is 0 Å². The number of halogens is 1. The Morgan fingerprint density at radius 1 is 1.12 bits per heavy atom. The van der Waals surface area contributed by atoms with Crippen molar-refractivity contribution < 1.29 is 0 Å². The van der Waals surface area contributed by atoms with E-state index in [9.17, 15) is 0 Å². The highest BCUT2D eigenvalue weighted by Gasteiger charge is 2.07. The van der Waals surface area contributed by atoms with Gasteiger partial charge in [-0.15, -0.1) is 11.3 Å². The number of hydrogen-bond donors (Lipinski definition) is 1. The lowest BCUT2D eigenvalue weighted by Crippen LogP contribution is -1.79. The number of nitrogens with zero attached hydrogens (tertiary/aromatic N) is 2. The number of benzene rings is 1. The van der Waals surface area contributed by atoms with Crippen LogP contribution in [0.25, 0.3) is 22.1 Å². The van der Waals surface area contributed by atoms with Crippen molar-refractivity contribution in [3.05, 3.63) is 46.3 Å². The van der Waals surface area contributed by atoms with Gasteiger partial charge in [0.1, 0.15) is 0 Å². The summed E-state index contributed by atoms with van der Waals surface area (Å²) in [5, 5.41) is 9.21. The van der Waals surface area contributed by atoms with E-state index < -0.39 is 0 Å². The minimum Gasteiger partial charge on any atom is -0.258 e. The highest BCUT2D eigenvalue weighted by atomic mass is 79.9. The summed E-state index contributed by atoms with van der Waals surface area (Å²) in [6.45, 7) is 0. The molecule has 5 heteroatoms. The normalized spacial score (nSPS) is 10.6. The van der Waals surface area contributed by atoms with Crippen LogP contribution in [0.4, 0.5) is 0 Å². The molecule has 0 amide bonds. The first-order chi connectivity index (χ1) is 8.33. The second kappa shape index (κ2) is 4.43. The van der Waals surface area contributed by atoms with Crippen LogP contribution in [0.3, 0.4) is 0 Å². The monoisotopic (exact) mass is 305 g/mol. The Morgan fingerprint density at radius 3 is 2.65 bits per heavy atom. The third-order valence-electron chi connectivity index (χ3n) is 2.34. The molecule has 0 atom stereocenters. The number of hydrogen-bond acceptors (Lipinski definition) is 3. The third-order valence-corrected chi connectivity index (χ3v) is 3.75. The molecule has 0 aliphatic rings. The van der Waals surface area contributed by atoms with Gasteiger partial charge in [0.25, 0.3) is 0 Å². The zero-order valence-electron chi connectivity index (χ0n) is 8.72. The molecule has 1 N–H and O–H groups in total. The van der Waals surface area contributed by atoms with Gasteiger partial charge in [0.15, 0.2) is 11.6 Å². The molecule has 0 spiro atoms. The second-order valence-electron chi connectivity index (χ2n) is 3.49. The molecular weight excluding hydrogens is 298 g/mol. The minimum atomic E-state index is 0.723. The lowest BCUT2D eigenvalue weighted by atomic mass is 10.2. The largest absolute Gasteiger partial charge is 0.258 e. The molecule has 0 bridgehead atoms. The van der Waals surface area contributed by atoms with Gasteiger partial charge in [0, 0.05) is 10.0 Å². The molecular formula is C12H8BrN3S. The second-order valence-corrected chi connectivity index (χ2v) is 5.36. The molecule has 0 saturated heterocycles. The quantitative estimate of drug-likeness (QED) is 0.778. The summed E-state index contributed by atoms with van der Waals surface area (Å²) >= 11 is 5.05. The van der Waals surface area contributed by atoms with E-state index in [1.54, 1.807) is 11.3 Å². The maximum Gasteiger partial charge on any atom is 0.181 e. The number of aromatic nitrogens is 3. The van der Waals surface area contributed by atoms with Crippen molar-refractivity contribution in [2.45, 2.75) is 0 Å². The first-order valence-corrected chi connectivity index (χ1v) is 6.72. The molecule has 0 saturated carbocycles. The highest BCUT2D eigenvalue weighted by molar-refractivity contribution is 9.10. The van der Waals surface area contributed by atoms with Crippen molar-refractivity contribution in [1.82, 2.24) is 15.2 Å². The molecule has 0 aliphatic heterocycles. The molecule has 3 rings (SSSR count). The first-order valence-electron chi connectivity index (χ1n) is 5.05. The summed E-state index contributed by atoms with van der Waals surface area (Å²) in [6.07, 6.45) is 0. The van der Waals surface area contributed by atoms with Crippen molar-refractivity contribution in [3.8, 4) is 22.1 Å². The van der Waals surface area contributed by atoms with Crippen LogP contribution in [0.5, 0.6) is 0 Å². The molecule has 2 heterocycles. The molecule has 0 fully saturated rings. The minimum absolute atomic E-state index is 0.723. The zero-order chi connectivity index (χ0) is 11.7. The van der Waals surface area contributed by atoms with Crippen LogP contribution in [-0.2, 0) is 0 Å². The van der Waals surface area contributed by atoms with Crippen LogP contribution >= 0.6 is 27.3 Å². The van der Waals surface area contributed by atoms with Gasteiger partial charge in [-0.25, -0.2) is 4.98 Å². The zero-order valence-corrected chi connectivity index (χ0v) is 11.1. The van der Waals surface area contributed by atoms with Gasteiger partial charge in [-0.05, 0) is 23.6 Å². The van der Waals surface area contributed by atoms with E-state index in [0.29, 0.717) is 0 Å². The van der Waals surface area contributed by atoms with E-state index in [1.165, 1.54) is 0 Å². The van der Waals surface area contributed by atoms with E-state index in [2.05, 4.69) is 31.1 Å². The number of aromatic amines is 1. The molecule has 84 valence electrons. The fraction of sp³-hybridized carbons (Fsp3) is 0. The molecule has 17 heavy (non-hydrogen) atoms. The summed E-state index contributed by atoms with van der Waals surface area (Å²) in [5.74, 6) is 1.54. The van der Waals surface area contributed by atoms with Gasteiger partial charge < -0.3 is 0 Å². The van der Waals surface area contributed by atoms with Crippen LogP contribution < -0.4 is 0 Å². The summed E-state index contributed by atoms with van der Waals surface area (Å²) in [5.41, 5.74) is 1.01. The molecule has 2 aromatic heterocycles. The fourth-order valence-corrected chi connectivity index (χ4v) is 2.44. The topological polar surface area (TPSA) is 41.6 Å². The SMILES string of the molecule is Brc1ccc(-c2n[nH]c(-c3cccs3)n2)cc1. The summed E-state index contributed by atoms with van der Waals surface area (Å²) < 4.78 is 1.05. The number of thiophene rings is 1. The van der Waals surface area contributed by atoms with Crippen molar-refractivity contribution in [1.29, 1.82) is 0 Å². The molecule has 0 aliphatic carbocycles. The highest BCUT2D eigenvalue weighted by Crippen LogP contribution is 2.24. The Morgan fingerprint density at radius 2 is 1.94 bits per heavy atom. The van der Waals surface area contributed by atoms with Crippen LogP contribution in [0.15, 0.2) is 46.3 Å². The molecule has 1 aromatic carbocycles. The van der Waals surface area contributed by atoms with Crippen molar-refractivity contribution >= 4 is 27.3 Å². The van der Waals surface area contributed by atoms with Gasteiger partial charge in [-0.2, -0.15) is 5.10 Å². The summed E-state index contributed by atoms with van der Waals surface area (Å²) in [6, 6.07) is 12.0. The predicted molar refractivity (Wildman–Crippen MR) is 72.8 cm³/mol. The lowest BCUT2D eigenvalue weighted by Gasteiger charge is -1.94. The Hall–Kier alpha value is -1.46. The maximum absolute atomic E-state index is 4.48. The molecule has 3 nitrogen and oxygen atoms in total. The van der Waals surface area contributed by atoms with E-state index in [-0.39, 0.29) is 0 Å². The summed E-state index contributed by atoms with van der Waals surface area (Å²) in [7, 11) is 0. The predicted octanol–water partition coefficient (Wildman–Crippen LogP) is 3.96. The van der Waals surface area contributed by atoms with Crippen molar-refractivity contribution in [2.24, 2.45) is 0 Å². The van der Waals surface area contributed by atoms with Crippen LogP contribution in [-0.4, -0.2) is 15.2 Å². The van der Waals surface area contributed by atoms with Gasteiger partial charge in [-0.1, -0.05) is 34.1 Å². The van der Waals surface area contributed by atoms with Crippen LogP contribution in [0.1, 0.15) is 0 Å². The van der Waals surface area contributed by atoms with Gasteiger partial charge >= 0.3 is 0 Å². The smallest absolute Gasteiger partial charge is 0.181 e. The fourth-order valence-electron chi connectivity index (χ4n) is 1.51. The van der Waals surface area contributed by atoms with E-state index >= 15 is 0 Å². The van der Waals surface area contributed by atoms with E-state index in [1.807, 2.05) is 41.8 Å². The lowest BCUT2D eigenvalue weighted by molar-refractivity contribution is 1.10. The number of rotatable bonds is 2. The van der Waals surface area contributed by atoms with Gasteiger partial charge in [-0.3, -0.25) is 5.10 Å². The van der Waals surface area contributed by atoms with Crippen molar-refractivity contribution in [2.75, 3.05) is 0 Å². The maximum atomic E-state index is 4.48. The van der Waals surface area contributed by atoms with E-state index in [4.69, 9.17) is 0 Å². The number of nitrogens with one attached hydrogen (secondary N) is 1. The third kappa shape index (κ3) is 2.16. The first kappa shape index (κ1) is 10.7. The average molecular weight is 306 g/mol.